The number of rotatable bonds is 8. The van der Waals surface area contributed by atoms with Crippen LogP contribution in [-0.4, -0.2) is 79.5 Å². The fourth-order valence-electron chi connectivity index (χ4n) is 5.08. The molecular weight excluding hydrogens is 486 g/mol. The van der Waals surface area contributed by atoms with Gasteiger partial charge in [0.1, 0.15) is 0 Å². The van der Waals surface area contributed by atoms with Crippen molar-refractivity contribution in [1.82, 2.24) is 15.1 Å². The molecule has 0 unspecified atom stereocenters. The summed E-state index contributed by atoms with van der Waals surface area (Å²) >= 11 is 0. The largest absolute Gasteiger partial charge is 0.383 e. The number of hydrogen-bond donors (Lipinski definition) is 2. The third-order valence-corrected chi connectivity index (χ3v) is 6.96. The number of methoxy groups -OCH3 is 1. The van der Waals surface area contributed by atoms with Gasteiger partial charge in [0.05, 0.1) is 18.3 Å². The van der Waals surface area contributed by atoms with Crippen LogP contribution in [0.3, 0.4) is 0 Å². The minimum atomic E-state index is -0.338. The van der Waals surface area contributed by atoms with Gasteiger partial charge in [-0.05, 0) is 56.5 Å². The Balaban J connectivity index is 1.43. The fourth-order valence-corrected chi connectivity index (χ4v) is 5.08. The summed E-state index contributed by atoms with van der Waals surface area (Å²) in [5, 5.41) is 5.66. The van der Waals surface area contributed by atoms with Crippen LogP contribution in [0.2, 0.25) is 0 Å². The third kappa shape index (κ3) is 5.80. The van der Waals surface area contributed by atoms with Gasteiger partial charge in [-0.25, -0.2) is 9.59 Å². The number of benzene rings is 2. The van der Waals surface area contributed by atoms with E-state index in [1.807, 2.05) is 43.0 Å². The summed E-state index contributed by atoms with van der Waals surface area (Å²) in [7, 11) is 1.55. The lowest BCUT2D eigenvalue weighted by Crippen LogP contribution is -2.51. The first-order chi connectivity index (χ1) is 18.3. The van der Waals surface area contributed by atoms with Crippen molar-refractivity contribution < 1.29 is 23.9 Å². The molecule has 2 heterocycles. The lowest BCUT2D eigenvalue weighted by Gasteiger charge is -2.37. The van der Waals surface area contributed by atoms with Crippen molar-refractivity contribution in [3.63, 3.8) is 0 Å². The Morgan fingerprint density at radius 1 is 1.21 bits per heavy atom. The molecule has 5 amide bonds. The number of amides is 5. The Morgan fingerprint density at radius 2 is 2.00 bits per heavy atom. The number of aldehydes is 1. The zero-order valence-corrected chi connectivity index (χ0v) is 22.1. The molecule has 1 saturated heterocycles. The summed E-state index contributed by atoms with van der Waals surface area (Å²) in [5.74, 6) is 0.0139. The van der Waals surface area contributed by atoms with E-state index in [1.165, 1.54) is 4.90 Å². The predicted molar refractivity (Wildman–Crippen MR) is 145 cm³/mol. The summed E-state index contributed by atoms with van der Waals surface area (Å²) < 4.78 is 4.99. The quantitative estimate of drug-likeness (QED) is 0.406. The Bertz CT molecular complexity index is 1200. The number of urea groups is 2. The zero-order chi connectivity index (χ0) is 27.2. The monoisotopic (exact) mass is 521 g/mol. The van der Waals surface area contributed by atoms with Crippen molar-refractivity contribution >= 4 is 35.6 Å². The number of nitrogens with one attached hydrogen (secondary N) is 2. The average Bonchev–Trinajstić information content (AvgIpc) is 3.26. The van der Waals surface area contributed by atoms with E-state index in [2.05, 4.69) is 10.6 Å². The average molecular weight is 522 g/mol. The molecule has 0 saturated carbocycles. The number of anilines is 2. The van der Waals surface area contributed by atoms with E-state index in [0.717, 1.165) is 24.0 Å². The molecule has 38 heavy (non-hydrogen) atoms. The van der Waals surface area contributed by atoms with E-state index in [-0.39, 0.29) is 35.6 Å². The summed E-state index contributed by atoms with van der Waals surface area (Å²) in [4.78, 5) is 55.9. The lowest BCUT2D eigenvalue weighted by molar-refractivity contribution is 0.0608. The summed E-state index contributed by atoms with van der Waals surface area (Å²) in [5.41, 5.74) is 2.95. The molecule has 202 valence electrons. The van der Waals surface area contributed by atoms with E-state index in [4.69, 9.17) is 4.74 Å². The number of hydrogen-bond acceptors (Lipinski definition) is 5. The maximum absolute atomic E-state index is 13.1. The van der Waals surface area contributed by atoms with Gasteiger partial charge in [0.2, 0.25) is 0 Å². The first-order valence-corrected chi connectivity index (χ1v) is 12.9. The van der Waals surface area contributed by atoms with Gasteiger partial charge < -0.3 is 25.2 Å². The Kier molecular flexibility index (Phi) is 8.62. The van der Waals surface area contributed by atoms with E-state index in [9.17, 15) is 19.2 Å². The number of piperidine rings is 1. The van der Waals surface area contributed by atoms with Gasteiger partial charge in [-0.15, -0.1) is 0 Å². The molecule has 1 atom stereocenters. The second kappa shape index (κ2) is 12.1. The molecule has 2 aromatic rings. The van der Waals surface area contributed by atoms with E-state index < -0.39 is 0 Å². The highest BCUT2D eigenvalue weighted by atomic mass is 16.5. The minimum Gasteiger partial charge on any atom is -0.383 e. The van der Waals surface area contributed by atoms with E-state index >= 15 is 0 Å². The molecule has 2 N–H and O–H groups in total. The van der Waals surface area contributed by atoms with Gasteiger partial charge in [0, 0.05) is 56.1 Å². The second-order valence-electron chi connectivity index (χ2n) is 9.84. The first kappa shape index (κ1) is 27.1. The molecule has 0 bridgehead atoms. The van der Waals surface area contributed by atoms with Crippen LogP contribution in [0.5, 0.6) is 0 Å². The molecule has 10 heteroatoms. The standard InChI is InChI=1S/C28H35N5O5/c1-19(2)33(27(36)29-12-14-38-3)25-11-10-22(15-21(25)18-34)30-28(37)31-13-6-8-23(17-31)32-16-20-7-4-5-9-24(20)26(32)35/h4-5,7,9-11,15,18-19,23H,6,8,12-14,16-17H2,1-3H3,(H,29,36)(H,30,37)/t23-/m1/s1. The lowest BCUT2D eigenvalue weighted by atomic mass is 10.0. The fraction of sp³-hybridized carbons (Fsp3) is 0.429. The Labute approximate surface area is 222 Å². The van der Waals surface area contributed by atoms with Crippen LogP contribution in [-0.2, 0) is 11.3 Å². The summed E-state index contributed by atoms with van der Waals surface area (Å²) in [6.07, 6.45) is 2.31. The normalized spacial score (nSPS) is 16.8. The van der Waals surface area contributed by atoms with Gasteiger partial charge in [-0.1, -0.05) is 18.2 Å². The van der Waals surface area contributed by atoms with Gasteiger partial charge in [-0.2, -0.15) is 0 Å². The van der Waals surface area contributed by atoms with E-state index in [1.54, 1.807) is 30.2 Å². The minimum absolute atomic E-state index is 0.0139. The van der Waals surface area contributed by atoms with Crippen molar-refractivity contribution in [3.05, 3.63) is 59.2 Å². The third-order valence-electron chi connectivity index (χ3n) is 6.96. The van der Waals surface area contributed by atoms with Gasteiger partial charge in [-0.3, -0.25) is 14.5 Å². The van der Waals surface area contributed by atoms with Crippen molar-refractivity contribution in [1.29, 1.82) is 0 Å². The second-order valence-corrected chi connectivity index (χ2v) is 9.84. The number of nitrogens with zero attached hydrogens (tertiary/aromatic N) is 3. The maximum atomic E-state index is 13.1. The molecule has 0 aliphatic carbocycles. The van der Waals surface area contributed by atoms with Crippen LogP contribution in [0.15, 0.2) is 42.5 Å². The van der Waals surface area contributed by atoms with Crippen molar-refractivity contribution in [2.45, 2.75) is 45.3 Å². The van der Waals surface area contributed by atoms with Gasteiger partial charge in [0.15, 0.2) is 6.29 Å². The number of likely N-dealkylation sites (tertiary alicyclic amines) is 1. The van der Waals surface area contributed by atoms with Crippen LogP contribution in [0.25, 0.3) is 0 Å². The van der Waals surface area contributed by atoms with Crippen molar-refractivity contribution in [2.24, 2.45) is 0 Å². The Hall–Kier alpha value is -3.92. The molecule has 10 nitrogen and oxygen atoms in total. The number of carbonyl (C=O) groups is 4. The molecule has 0 aromatic heterocycles. The van der Waals surface area contributed by atoms with E-state index in [0.29, 0.717) is 50.4 Å². The molecular formula is C28H35N5O5. The zero-order valence-electron chi connectivity index (χ0n) is 22.1. The molecule has 0 radical (unpaired) electrons. The van der Waals surface area contributed by atoms with Gasteiger partial charge in [0.25, 0.3) is 5.91 Å². The highest BCUT2D eigenvalue weighted by molar-refractivity contribution is 6.00. The molecule has 2 aromatic carbocycles. The van der Waals surface area contributed by atoms with Crippen LogP contribution in [0.1, 0.15) is 53.0 Å². The number of ether oxygens (including phenoxy) is 1. The molecule has 2 aliphatic rings. The predicted octanol–water partition coefficient (Wildman–Crippen LogP) is 3.72. The SMILES string of the molecule is COCCNC(=O)N(c1ccc(NC(=O)N2CCC[C@@H](N3Cc4ccccc4C3=O)C2)cc1C=O)C(C)C. The summed E-state index contributed by atoms with van der Waals surface area (Å²) in [6.45, 7) is 6.01. The van der Waals surface area contributed by atoms with Crippen molar-refractivity contribution in [3.8, 4) is 0 Å². The Morgan fingerprint density at radius 3 is 2.71 bits per heavy atom. The number of fused-ring (bicyclic) bond motifs is 1. The van der Waals surface area contributed by atoms with Crippen LogP contribution < -0.4 is 15.5 Å². The van der Waals surface area contributed by atoms with Crippen LogP contribution in [0, 0.1) is 0 Å². The molecule has 2 aliphatic heterocycles. The smallest absolute Gasteiger partial charge is 0.322 e. The molecule has 1 fully saturated rings. The summed E-state index contributed by atoms with van der Waals surface area (Å²) in [6, 6.07) is 11.6. The van der Waals surface area contributed by atoms with Gasteiger partial charge >= 0.3 is 12.1 Å². The first-order valence-electron chi connectivity index (χ1n) is 12.9. The number of carbonyl (C=O) groups excluding carboxylic acids is 4. The van der Waals surface area contributed by atoms with Crippen molar-refractivity contribution in [2.75, 3.05) is 43.6 Å². The maximum Gasteiger partial charge on any atom is 0.322 e. The molecule has 4 rings (SSSR count). The van der Waals surface area contributed by atoms with Crippen LogP contribution >= 0.6 is 0 Å². The highest BCUT2D eigenvalue weighted by Gasteiger charge is 2.35. The molecule has 0 spiro atoms. The highest BCUT2D eigenvalue weighted by Crippen LogP contribution is 2.29. The topological polar surface area (TPSA) is 111 Å². The van der Waals surface area contributed by atoms with Crippen LogP contribution in [0.4, 0.5) is 21.0 Å².